The molecule has 4 rings (SSSR count). The van der Waals surface area contributed by atoms with Crippen LogP contribution in [0, 0.1) is 0 Å². The first-order valence-corrected chi connectivity index (χ1v) is 10.2. The highest BCUT2D eigenvalue weighted by atomic mass is 16.5. The Morgan fingerprint density at radius 1 is 1.03 bits per heavy atom. The number of carbonyl (C=O) groups excluding carboxylic acids is 2. The van der Waals surface area contributed by atoms with Gasteiger partial charge in [0.1, 0.15) is 11.8 Å². The standard InChI is InChI=1S/C23H27N3O3/c1-15(23(28)25-18-9-8-16-5-3-6-17(16)13-18)24-19-10-11-20(21(14-19)29-2)26-12-4-7-22(26)27/h8-11,13-15,24H,3-7,12H2,1-2H3,(H,25,28)/t15-/m0/s1. The van der Waals surface area contributed by atoms with E-state index >= 15 is 0 Å². The zero-order chi connectivity index (χ0) is 20.4. The zero-order valence-corrected chi connectivity index (χ0v) is 17.0. The largest absolute Gasteiger partial charge is 0.494 e. The number of rotatable bonds is 6. The van der Waals surface area contributed by atoms with Gasteiger partial charge in [0.15, 0.2) is 0 Å². The minimum Gasteiger partial charge on any atom is -0.494 e. The molecule has 0 radical (unpaired) electrons. The average Bonchev–Trinajstić information content (AvgIpc) is 3.36. The summed E-state index contributed by atoms with van der Waals surface area (Å²) >= 11 is 0. The van der Waals surface area contributed by atoms with Gasteiger partial charge in [0.25, 0.3) is 0 Å². The number of amides is 2. The first-order valence-electron chi connectivity index (χ1n) is 10.2. The van der Waals surface area contributed by atoms with E-state index in [0.29, 0.717) is 18.7 Å². The number of hydrogen-bond acceptors (Lipinski definition) is 4. The van der Waals surface area contributed by atoms with Crippen molar-refractivity contribution in [1.82, 2.24) is 0 Å². The summed E-state index contributed by atoms with van der Waals surface area (Å²) in [7, 11) is 1.59. The van der Waals surface area contributed by atoms with Gasteiger partial charge in [-0.3, -0.25) is 9.59 Å². The van der Waals surface area contributed by atoms with E-state index in [2.05, 4.69) is 22.8 Å². The summed E-state index contributed by atoms with van der Waals surface area (Å²) < 4.78 is 5.49. The van der Waals surface area contributed by atoms with Crippen LogP contribution < -0.4 is 20.3 Å². The normalized spacial score (nSPS) is 16.5. The fourth-order valence-electron chi connectivity index (χ4n) is 4.11. The summed E-state index contributed by atoms with van der Waals surface area (Å²) in [6, 6.07) is 11.3. The molecule has 152 valence electrons. The maximum absolute atomic E-state index is 12.6. The molecule has 2 aromatic carbocycles. The fourth-order valence-corrected chi connectivity index (χ4v) is 4.11. The highest BCUT2D eigenvalue weighted by Crippen LogP contribution is 2.34. The lowest BCUT2D eigenvalue weighted by molar-refractivity contribution is -0.117. The quantitative estimate of drug-likeness (QED) is 0.784. The maximum Gasteiger partial charge on any atom is 0.246 e. The third-order valence-corrected chi connectivity index (χ3v) is 5.69. The predicted molar refractivity (Wildman–Crippen MR) is 115 cm³/mol. The van der Waals surface area contributed by atoms with Crippen LogP contribution in [0.15, 0.2) is 36.4 Å². The van der Waals surface area contributed by atoms with Crippen LogP contribution in [-0.2, 0) is 22.4 Å². The molecule has 0 unspecified atom stereocenters. The second-order valence-electron chi connectivity index (χ2n) is 7.73. The van der Waals surface area contributed by atoms with Crippen LogP contribution in [0.1, 0.15) is 37.3 Å². The minimum atomic E-state index is -0.424. The van der Waals surface area contributed by atoms with E-state index in [1.807, 2.05) is 31.2 Å². The van der Waals surface area contributed by atoms with Crippen LogP contribution in [0.3, 0.4) is 0 Å². The molecule has 2 N–H and O–H groups in total. The molecule has 1 aliphatic heterocycles. The van der Waals surface area contributed by atoms with E-state index in [0.717, 1.165) is 36.3 Å². The second kappa shape index (κ2) is 8.15. The van der Waals surface area contributed by atoms with Crippen LogP contribution in [0.5, 0.6) is 5.75 Å². The van der Waals surface area contributed by atoms with Crippen molar-refractivity contribution in [2.24, 2.45) is 0 Å². The van der Waals surface area contributed by atoms with Crippen molar-refractivity contribution in [3.8, 4) is 5.75 Å². The third-order valence-electron chi connectivity index (χ3n) is 5.69. The number of carbonyl (C=O) groups is 2. The summed E-state index contributed by atoms with van der Waals surface area (Å²) in [5.41, 5.74) is 5.10. The monoisotopic (exact) mass is 393 g/mol. The molecule has 1 atom stereocenters. The Morgan fingerprint density at radius 2 is 1.83 bits per heavy atom. The van der Waals surface area contributed by atoms with E-state index in [1.54, 1.807) is 12.0 Å². The highest BCUT2D eigenvalue weighted by molar-refractivity contribution is 5.98. The van der Waals surface area contributed by atoms with Gasteiger partial charge in [0.2, 0.25) is 11.8 Å². The molecule has 0 aromatic heterocycles. The summed E-state index contributed by atoms with van der Waals surface area (Å²) in [6.07, 6.45) is 4.83. The number of hydrogen-bond donors (Lipinski definition) is 2. The van der Waals surface area contributed by atoms with E-state index in [9.17, 15) is 9.59 Å². The van der Waals surface area contributed by atoms with Crippen LogP contribution in [0.4, 0.5) is 17.1 Å². The Balaban J connectivity index is 1.42. The van der Waals surface area contributed by atoms with Crippen molar-refractivity contribution in [3.63, 3.8) is 0 Å². The Kier molecular flexibility index (Phi) is 5.43. The molecule has 29 heavy (non-hydrogen) atoms. The lowest BCUT2D eigenvalue weighted by Crippen LogP contribution is -2.32. The van der Waals surface area contributed by atoms with Crippen LogP contribution >= 0.6 is 0 Å². The van der Waals surface area contributed by atoms with Crippen LogP contribution in [0.2, 0.25) is 0 Å². The van der Waals surface area contributed by atoms with Gasteiger partial charge in [0.05, 0.1) is 12.8 Å². The molecule has 0 saturated carbocycles. The molecule has 1 fully saturated rings. The molecule has 6 nitrogen and oxygen atoms in total. The SMILES string of the molecule is COc1cc(N[C@@H](C)C(=O)Nc2ccc3c(c2)CCC3)ccc1N1CCCC1=O. The van der Waals surface area contributed by atoms with Crippen LogP contribution in [-0.4, -0.2) is 31.5 Å². The van der Waals surface area contributed by atoms with Gasteiger partial charge < -0.3 is 20.3 Å². The molecule has 1 saturated heterocycles. The Hall–Kier alpha value is -3.02. The Bertz CT molecular complexity index is 941. The molecule has 6 heteroatoms. The van der Waals surface area contributed by atoms with Gasteiger partial charge in [-0.1, -0.05) is 6.07 Å². The third kappa shape index (κ3) is 4.06. The Labute approximate surface area is 171 Å². The predicted octanol–water partition coefficient (Wildman–Crippen LogP) is 3.75. The number of methoxy groups -OCH3 is 1. The first kappa shape index (κ1) is 19.3. The number of nitrogens with one attached hydrogen (secondary N) is 2. The van der Waals surface area contributed by atoms with Crippen molar-refractivity contribution in [2.45, 2.75) is 45.1 Å². The summed E-state index contributed by atoms with van der Waals surface area (Å²) in [5, 5.41) is 6.22. The lowest BCUT2D eigenvalue weighted by atomic mass is 10.1. The van der Waals surface area contributed by atoms with Crippen molar-refractivity contribution in [2.75, 3.05) is 29.2 Å². The smallest absolute Gasteiger partial charge is 0.246 e. The van der Waals surface area contributed by atoms with Gasteiger partial charge in [-0.15, -0.1) is 0 Å². The number of anilines is 3. The van der Waals surface area contributed by atoms with E-state index in [4.69, 9.17) is 4.74 Å². The second-order valence-corrected chi connectivity index (χ2v) is 7.73. The van der Waals surface area contributed by atoms with Crippen molar-refractivity contribution >= 4 is 28.9 Å². The first-order chi connectivity index (χ1) is 14.0. The van der Waals surface area contributed by atoms with E-state index in [1.165, 1.54) is 17.5 Å². The maximum atomic E-state index is 12.6. The average molecular weight is 393 g/mol. The van der Waals surface area contributed by atoms with E-state index < -0.39 is 6.04 Å². The molecule has 0 bridgehead atoms. The number of nitrogens with zero attached hydrogens (tertiary/aromatic N) is 1. The van der Waals surface area contributed by atoms with Gasteiger partial charge in [-0.2, -0.15) is 0 Å². The van der Waals surface area contributed by atoms with Gasteiger partial charge in [-0.25, -0.2) is 0 Å². The van der Waals surface area contributed by atoms with Crippen LogP contribution in [0.25, 0.3) is 0 Å². The summed E-state index contributed by atoms with van der Waals surface area (Å²) in [5.74, 6) is 0.642. The molecule has 1 aliphatic carbocycles. The van der Waals surface area contributed by atoms with Crippen molar-refractivity contribution in [3.05, 3.63) is 47.5 Å². The number of aryl methyl sites for hydroxylation is 2. The van der Waals surface area contributed by atoms with E-state index in [-0.39, 0.29) is 11.8 Å². The number of fused-ring (bicyclic) bond motifs is 1. The molecule has 2 aromatic rings. The van der Waals surface area contributed by atoms with Gasteiger partial charge in [0, 0.05) is 30.4 Å². The molecular formula is C23H27N3O3. The lowest BCUT2D eigenvalue weighted by Gasteiger charge is -2.21. The zero-order valence-electron chi connectivity index (χ0n) is 17.0. The molecule has 2 amide bonds. The van der Waals surface area contributed by atoms with Gasteiger partial charge >= 0.3 is 0 Å². The van der Waals surface area contributed by atoms with Gasteiger partial charge in [-0.05, 0) is 68.0 Å². The molecule has 2 aliphatic rings. The highest BCUT2D eigenvalue weighted by Gasteiger charge is 2.25. The number of benzene rings is 2. The van der Waals surface area contributed by atoms with Crippen molar-refractivity contribution in [1.29, 1.82) is 0 Å². The van der Waals surface area contributed by atoms with Crippen molar-refractivity contribution < 1.29 is 14.3 Å². The molecule has 0 spiro atoms. The summed E-state index contributed by atoms with van der Waals surface area (Å²) in [4.78, 5) is 26.4. The molecular weight excluding hydrogens is 366 g/mol. The summed E-state index contributed by atoms with van der Waals surface area (Å²) in [6.45, 7) is 2.54. The topological polar surface area (TPSA) is 70.7 Å². The minimum absolute atomic E-state index is 0.0966. The Morgan fingerprint density at radius 3 is 2.59 bits per heavy atom. The fraction of sp³-hybridized carbons (Fsp3) is 0.391. The number of ether oxygens (including phenoxy) is 1. The molecule has 1 heterocycles.